The van der Waals surface area contributed by atoms with Crippen molar-refractivity contribution in [3.63, 3.8) is 0 Å². The second-order valence-corrected chi connectivity index (χ2v) is 8.35. The molecule has 1 aliphatic rings. The Balaban J connectivity index is 1.76. The van der Waals surface area contributed by atoms with Gasteiger partial charge in [-0.2, -0.15) is 0 Å². The predicted octanol–water partition coefficient (Wildman–Crippen LogP) is 5.30. The van der Waals surface area contributed by atoms with E-state index in [9.17, 15) is 9.59 Å². The molecule has 0 spiro atoms. The van der Waals surface area contributed by atoms with Gasteiger partial charge in [-0.05, 0) is 61.4 Å². The van der Waals surface area contributed by atoms with Gasteiger partial charge in [0.15, 0.2) is 0 Å². The molecular formula is C25H22N2O3S. The third-order valence-electron chi connectivity index (χ3n) is 4.81. The third kappa shape index (κ3) is 4.34. The molecular weight excluding hydrogens is 408 g/mol. The van der Waals surface area contributed by atoms with Gasteiger partial charge in [-0.3, -0.25) is 9.59 Å². The van der Waals surface area contributed by atoms with E-state index in [0.717, 1.165) is 16.0 Å². The number of nitrogens with one attached hydrogen (secondary N) is 1. The number of carbonyl (C=O) groups excluding carboxylic acids is 2. The first-order valence-corrected chi connectivity index (χ1v) is 10.6. The highest BCUT2D eigenvalue weighted by Gasteiger charge is 2.40. The lowest BCUT2D eigenvalue weighted by Crippen LogP contribution is -2.32. The second kappa shape index (κ2) is 8.70. The number of amides is 2. The molecule has 31 heavy (non-hydrogen) atoms. The Morgan fingerprint density at radius 3 is 2.23 bits per heavy atom. The van der Waals surface area contributed by atoms with Crippen molar-refractivity contribution in [2.75, 3.05) is 17.3 Å². The summed E-state index contributed by atoms with van der Waals surface area (Å²) in [5, 5.41) is 3.16. The lowest BCUT2D eigenvalue weighted by molar-refractivity contribution is -0.120. The van der Waals surface area contributed by atoms with Crippen molar-refractivity contribution in [3.8, 4) is 5.75 Å². The Morgan fingerprint density at radius 1 is 0.839 bits per heavy atom. The Morgan fingerprint density at radius 2 is 1.55 bits per heavy atom. The minimum absolute atomic E-state index is 0.256. The molecule has 6 heteroatoms. The van der Waals surface area contributed by atoms with Crippen LogP contribution in [0, 0.1) is 13.8 Å². The maximum absolute atomic E-state index is 13.4. The highest BCUT2D eigenvalue weighted by Crippen LogP contribution is 2.38. The van der Waals surface area contributed by atoms with Crippen molar-refractivity contribution in [1.29, 1.82) is 0 Å². The lowest BCUT2D eigenvalue weighted by Gasteiger charge is -2.17. The Hall–Kier alpha value is -3.51. The van der Waals surface area contributed by atoms with Crippen LogP contribution in [0.4, 0.5) is 11.4 Å². The van der Waals surface area contributed by atoms with Gasteiger partial charge in [0.25, 0.3) is 11.8 Å². The Labute approximate surface area is 185 Å². The number of hydrogen-bond donors (Lipinski definition) is 1. The van der Waals surface area contributed by atoms with Gasteiger partial charge in [-0.15, -0.1) is 0 Å². The van der Waals surface area contributed by atoms with E-state index >= 15 is 0 Å². The molecule has 0 fully saturated rings. The summed E-state index contributed by atoms with van der Waals surface area (Å²) in [5.41, 5.74) is 3.47. The molecule has 156 valence electrons. The van der Waals surface area contributed by atoms with Crippen LogP contribution in [0.15, 0.2) is 88.3 Å². The van der Waals surface area contributed by atoms with Crippen molar-refractivity contribution >= 4 is 35.0 Å². The molecule has 0 unspecified atom stereocenters. The Bertz CT molecular complexity index is 1170. The zero-order chi connectivity index (χ0) is 22.0. The number of hydrogen-bond acceptors (Lipinski definition) is 5. The maximum Gasteiger partial charge on any atom is 0.283 e. The van der Waals surface area contributed by atoms with Crippen LogP contribution < -0.4 is 15.0 Å². The molecule has 0 bridgehead atoms. The van der Waals surface area contributed by atoms with Crippen molar-refractivity contribution < 1.29 is 14.3 Å². The number of rotatable bonds is 6. The summed E-state index contributed by atoms with van der Waals surface area (Å²) in [6, 6.07) is 22.5. The summed E-state index contributed by atoms with van der Waals surface area (Å²) in [6.45, 7) is 3.90. The zero-order valence-corrected chi connectivity index (χ0v) is 18.3. The van der Waals surface area contributed by atoms with Gasteiger partial charge in [-0.25, -0.2) is 4.90 Å². The number of ether oxygens (including phenoxy) is 1. The first-order valence-electron chi connectivity index (χ1n) is 9.81. The van der Waals surface area contributed by atoms with Crippen LogP contribution in [0.2, 0.25) is 0 Å². The summed E-state index contributed by atoms with van der Waals surface area (Å²) >= 11 is 1.28. The van der Waals surface area contributed by atoms with E-state index in [-0.39, 0.29) is 17.5 Å². The molecule has 0 saturated heterocycles. The van der Waals surface area contributed by atoms with Crippen molar-refractivity contribution in [2.45, 2.75) is 18.7 Å². The molecule has 1 N–H and O–H groups in total. The topological polar surface area (TPSA) is 58.6 Å². The number of benzene rings is 3. The first-order chi connectivity index (χ1) is 15.0. The molecule has 1 aliphatic heterocycles. The van der Waals surface area contributed by atoms with E-state index in [1.807, 2.05) is 80.6 Å². The maximum atomic E-state index is 13.4. The highest BCUT2D eigenvalue weighted by atomic mass is 32.2. The van der Waals surface area contributed by atoms with Gasteiger partial charge in [0.2, 0.25) is 0 Å². The van der Waals surface area contributed by atoms with Gasteiger partial charge < -0.3 is 10.1 Å². The fourth-order valence-corrected chi connectivity index (χ4v) is 4.43. The SMILES string of the molecule is COc1cccc(NC2=C(Sc3ccccc3)C(=O)N(c3cc(C)cc(C)c3)C2=O)c1. The van der Waals surface area contributed by atoms with E-state index < -0.39 is 0 Å². The molecule has 1 heterocycles. The molecule has 0 radical (unpaired) electrons. The molecule has 0 saturated carbocycles. The predicted molar refractivity (Wildman–Crippen MR) is 124 cm³/mol. The molecule has 0 aliphatic carbocycles. The lowest BCUT2D eigenvalue weighted by atomic mass is 10.1. The quantitative estimate of drug-likeness (QED) is 0.538. The molecule has 0 atom stereocenters. The summed E-state index contributed by atoms with van der Waals surface area (Å²) in [7, 11) is 1.58. The van der Waals surface area contributed by atoms with E-state index in [1.165, 1.54) is 16.7 Å². The van der Waals surface area contributed by atoms with Crippen molar-refractivity contribution in [1.82, 2.24) is 0 Å². The van der Waals surface area contributed by atoms with Gasteiger partial charge >= 0.3 is 0 Å². The average Bonchev–Trinajstić information content (AvgIpc) is 2.98. The number of thioether (sulfide) groups is 1. The smallest absolute Gasteiger partial charge is 0.283 e. The van der Waals surface area contributed by atoms with Crippen LogP contribution in [0.25, 0.3) is 0 Å². The van der Waals surface area contributed by atoms with Gasteiger partial charge in [0.05, 0.1) is 12.8 Å². The van der Waals surface area contributed by atoms with E-state index in [1.54, 1.807) is 13.2 Å². The van der Waals surface area contributed by atoms with Gasteiger partial charge in [0, 0.05) is 16.6 Å². The fourth-order valence-electron chi connectivity index (χ4n) is 3.48. The number of carbonyl (C=O) groups is 2. The first kappa shape index (κ1) is 20.8. The van der Waals surface area contributed by atoms with Crippen LogP contribution in [-0.2, 0) is 9.59 Å². The Kier molecular flexibility index (Phi) is 5.82. The third-order valence-corrected chi connectivity index (χ3v) is 5.90. The second-order valence-electron chi connectivity index (χ2n) is 7.27. The number of anilines is 2. The summed E-state index contributed by atoms with van der Waals surface area (Å²) < 4.78 is 5.28. The molecule has 0 aromatic heterocycles. The molecule has 3 aromatic carbocycles. The van der Waals surface area contributed by atoms with E-state index in [2.05, 4.69) is 5.32 Å². The van der Waals surface area contributed by atoms with E-state index in [0.29, 0.717) is 22.0 Å². The highest BCUT2D eigenvalue weighted by molar-refractivity contribution is 8.04. The minimum atomic E-state index is -0.378. The largest absolute Gasteiger partial charge is 0.497 e. The number of nitrogens with zero attached hydrogens (tertiary/aromatic N) is 1. The standard InChI is InChI=1S/C25H22N2O3S/c1-16-12-17(2)14-19(13-16)27-24(28)22(26-18-8-7-9-20(15-18)30-3)23(25(27)29)31-21-10-5-4-6-11-21/h4-15,26H,1-3H3. The average molecular weight is 431 g/mol. The van der Waals surface area contributed by atoms with Crippen molar-refractivity contribution in [2.24, 2.45) is 0 Å². The van der Waals surface area contributed by atoms with E-state index in [4.69, 9.17) is 4.74 Å². The monoisotopic (exact) mass is 430 g/mol. The normalized spacial score (nSPS) is 13.7. The van der Waals surface area contributed by atoms with Crippen LogP contribution in [0.5, 0.6) is 5.75 Å². The van der Waals surface area contributed by atoms with Gasteiger partial charge in [0.1, 0.15) is 16.4 Å². The summed E-state index contributed by atoms with van der Waals surface area (Å²) in [4.78, 5) is 29.4. The fraction of sp³-hybridized carbons (Fsp3) is 0.120. The minimum Gasteiger partial charge on any atom is -0.497 e. The van der Waals surface area contributed by atoms with Crippen LogP contribution in [0.1, 0.15) is 11.1 Å². The van der Waals surface area contributed by atoms with Gasteiger partial charge in [-0.1, -0.05) is 42.1 Å². The van der Waals surface area contributed by atoms with Crippen molar-refractivity contribution in [3.05, 3.63) is 94.5 Å². The van der Waals surface area contributed by atoms with Crippen LogP contribution >= 0.6 is 11.8 Å². The molecule has 3 aromatic rings. The zero-order valence-electron chi connectivity index (χ0n) is 17.5. The summed E-state index contributed by atoms with van der Waals surface area (Å²) in [6.07, 6.45) is 0. The van der Waals surface area contributed by atoms with Crippen LogP contribution in [0.3, 0.4) is 0 Å². The number of aryl methyl sites for hydroxylation is 2. The van der Waals surface area contributed by atoms with Crippen LogP contribution in [-0.4, -0.2) is 18.9 Å². The molecule has 4 rings (SSSR count). The molecule has 5 nitrogen and oxygen atoms in total. The number of methoxy groups -OCH3 is 1. The molecule has 2 amide bonds. The number of imide groups is 1. The summed E-state index contributed by atoms with van der Waals surface area (Å²) in [5.74, 6) is -0.0590.